The summed E-state index contributed by atoms with van der Waals surface area (Å²) in [5.41, 5.74) is 7.01. The zero-order valence-corrected chi connectivity index (χ0v) is 22.1. The van der Waals surface area contributed by atoms with Crippen LogP contribution in [0.5, 0.6) is 0 Å². The third-order valence-electron chi connectivity index (χ3n) is 6.71. The summed E-state index contributed by atoms with van der Waals surface area (Å²) in [7, 11) is 0. The molecule has 0 spiro atoms. The van der Waals surface area contributed by atoms with E-state index in [4.69, 9.17) is 15.1 Å². The number of nitrogens with two attached hydrogens (primary N) is 1. The van der Waals surface area contributed by atoms with Gasteiger partial charge in [0.2, 0.25) is 17.8 Å². The number of aromatic nitrogens is 1. The standard InChI is InChI=1S/C26H31N7O4S/c1-16-12-17-13-18(7-8-21(17)37-16)28-25(31-26-30-20(15-38-26)23(27)35)29-19-6-2-3-11-33(24(19)36)14-22(34)32-9-4-5-10-32/h7-8,12-13,15,19H,2-6,9-11,14H2,1H3,(H2,27,35)(H2,28,29,30,31)/t19-/m0/s1. The Morgan fingerprint density at radius 2 is 1.95 bits per heavy atom. The number of aryl methyl sites for hydroxylation is 1. The number of carbonyl (C=O) groups is 3. The smallest absolute Gasteiger partial charge is 0.268 e. The lowest BCUT2D eigenvalue weighted by Crippen LogP contribution is -2.45. The topological polar surface area (TPSA) is 146 Å². The van der Waals surface area contributed by atoms with Gasteiger partial charge in [-0.2, -0.15) is 0 Å². The summed E-state index contributed by atoms with van der Waals surface area (Å²) >= 11 is 1.21. The van der Waals surface area contributed by atoms with Crippen LogP contribution in [0.3, 0.4) is 0 Å². The number of furan rings is 1. The fraction of sp³-hybridized carbons (Fsp3) is 0.423. The molecule has 2 aliphatic rings. The first-order valence-electron chi connectivity index (χ1n) is 12.8. The summed E-state index contributed by atoms with van der Waals surface area (Å²) in [6.45, 7) is 4.00. The summed E-state index contributed by atoms with van der Waals surface area (Å²) in [6, 6.07) is 6.91. The third kappa shape index (κ3) is 5.96. The largest absolute Gasteiger partial charge is 0.461 e. The molecule has 200 valence electrons. The molecule has 1 aromatic carbocycles. The molecular weight excluding hydrogens is 506 g/mol. The normalized spacial score (nSPS) is 18.6. The molecule has 2 fully saturated rings. The molecule has 11 nitrogen and oxygen atoms in total. The van der Waals surface area contributed by atoms with Crippen LogP contribution in [0.2, 0.25) is 0 Å². The predicted octanol–water partition coefficient (Wildman–Crippen LogP) is 3.18. The van der Waals surface area contributed by atoms with Gasteiger partial charge < -0.3 is 30.6 Å². The van der Waals surface area contributed by atoms with Crippen molar-refractivity contribution in [3.8, 4) is 0 Å². The third-order valence-corrected chi connectivity index (χ3v) is 7.46. The number of guanidine groups is 1. The number of rotatable bonds is 6. The van der Waals surface area contributed by atoms with E-state index in [1.165, 1.54) is 11.3 Å². The number of carbonyl (C=O) groups excluding carboxylic acids is 3. The van der Waals surface area contributed by atoms with Gasteiger partial charge in [0.15, 0.2) is 5.13 Å². The van der Waals surface area contributed by atoms with Crippen molar-refractivity contribution in [3.05, 3.63) is 41.1 Å². The Hall–Kier alpha value is -3.93. The van der Waals surface area contributed by atoms with Crippen molar-refractivity contribution in [1.82, 2.24) is 14.8 Å². The number of amides is 3. The lowest BCUT2D eigenvalue weighted by Gasteiger charge is -2.25. The number of likely N-dealkylation sites (tertiary alicyclic amines) is 2. The maximum Gasteiger partial charge on any atom is 0.268 e. The van der Waals surface area contributed by atoms with E-state index in [-0.39, 0.29) is 24.1 Å². The number of benzene rings is 1. The second kappa shape index (κ2) is 11.2. The maximum atomic E-state index is 13.5. The van der Waals surface area contributed by atoms with Crippen LogP contribution in [-0.4, -0.2) is 70.7 Å². The fourth-order valence-electron chi connectivity index (χ4n) is 4.78. The molecule has 0 unspecified atom stereocenters. The van der Waals surface area contributed by atoms with Crippen molar-refractivity contribution in [3.63, 3.8) is 0 Å². The number of hydrogen-bond donors (Lipinski definition) is 3. The van der Waals surface area contributed by atoms with E-state index in [0.717, 1.165) is 61.2 Å². The Bertz CT molecular complexity index is 1370. The highest BCUT2D eigenvalue weighted by Crippen LogP contribution is 2.24. The SMILES string of the molecule is Cc1cc2cc(NC(=N[C@H]3CCCCN(CC(=O)N4CCCC4)C3=O)Nc3nc(C(N)=O)cs3)ccc2o1. The van der Waals surface area contributed by atoms with Gasteiger partial charge in [0.05, 0.1) is 6.54 Å². The first kappa shape index (κ1) is 25.7. The highest BCUT2D eigenvalue weighted by Gasteiger charge is 2.30. The highest BCUT2D eigenvalue weighted by molar-refractivity contribution is 7.14. The van der Waals surface area contributed by atoms with Gasteiger partial charge in [-0.3, -0.25) is 14.4 Å². The minimum atomic E-state index is -0.672. The van der Waals surface area contributed by atoms with Crippen LogP contribution < -0.4 is 16.4 Å². The zero-order chi connectivity index (χ0) is 26.6. The van der Waals surface area contributed by atoms with Crippen molar-refractivity contribution < 1.29 is 18.8 Å². The number of hydrogen-bond acceptors (Lipinski definition) is 7. The molecule has 2 saturated heterocycles. The second-order valence-electron chi connectivity index (χ2n) is 9.60. The number of fused-ring (bicyclic) bond motifs is 1. The van der Waals surface area contributed by atoms with Gasteiger partial charge in [0.1, 0.15) is 23.1 Å². The molecular formula is C26H31N7O4S. The van der Waals surface area contributed by atoms with Gasteiger partial charge in [-0.15, -0.1) is 11.3 Å². The van der Waals surface area contributed by atoms with Crippen LogP contribution in [0, 0.1) is 6.92 Å². The first-order chi connectivity index (χ1) is 18.4. The van der Waals surface area contributed by atoms with Crippen LogP contribution in [-0.2, 0) is 9.59 Å². The van der Waals surface area contributed by atoms with E-state index in [2.05, 4.69) is 15.6 Å². The zero-order valence-electron chi connectivity index (χ0n) is 21.2. The molecule has 0 bridgehead atoms. The van der Waals surface area contributed by atoms with Crippen LogP contribution in [0.1, 0.15) is 48.4 Å². The van der Waals surface area contributed by atoms with Crippen molar-refractivity contribution in [2.24, 2.45) is 10.7 Å². The Labute approximate surface area is 224 Å². The average molecular weight is 538 g/mol. The van der Waals surface area contributed by atoms with Crippen LogP contribution >= 0.6 is 11.3 Å². The molecule has 5 rings (SSSR count). The van der Waals surface area contributed by atoms with Gasteiger partial charge in [0, 0.05) is 36.1 Å². The van der Waals surface area contributed by atoms with Crippen molar-refractivity contribution in [2.45, 2.75) is 45.1 Å². The van der Waals surface area contributed by atoms with E-state index in [9.17, 15) is 14.4 Å². The Morgan fingerprint density at radius 1 is 1.16 bits per heavy atom. The van der Waals surface area contributed by atoms with Gasteiger partial charge in [-0.1, -0.05) is 0 Å². The molecule has 4 heterocycles. The molecule has 2 aliphatic heterocycles. The number of thiazole rings is 1. The summed E-state index contributed by atoms with van der Waals surface area (Å²) in [5, 5.41) is 9.27. The Kier molecular flexibility index (Phi) is 7.59. The molecule has 12 heteroatoms. The molecule has 0 radical (unpaired) electrons. The predicted molar refractivity (Wildman–Crippen MR) is 146 cm³/mol. The van der Waals surface area contributed by atoms with Crippen LogP contribution in [0.25, 0.3) is 11.0 Å². The molecule has 38 heavy (non-hydrogen) atoms. The van der Waals surface area contributed by atoms with E-state index < -0.39 is 11.9 Å². The first-order valence-corrected chi connectivity index (χ1v) is 13.7. The van der Waals surface area contributed by atoms with E-state index in [1.54, 1.807) is 10.3 Å². The Morgan fingerprint density at radius 3 is 2.71 bits per heavy atom. The van der Waals surface area contributed by atoms with Gasteiger partial charge >= 0.3 is 0 Å². The number of nitrogens with one attached hydrogen (secondary N) is 2. The van der Waals surface area contributed by atoms with Crippen molar-refractivity contribution in [1.29, 1.82) is 0 Å². The number of primary amides is 1. The molecule has 0 aliphatic carbocycles. The number of anilines is 2. The summed E-state index contributed by atoms with van der Waals surface area (Å²) < 4.78 is 5.67. The second-order valence-corrected chi connectivity index (χ2v) is 10.5. The Balaban J connectivity index is 1.40. The van der Waals surface area contributed by atoms with Crippen molar-refractivity contribution in [2.75, 3.05) is 36.8 Å². The summed E-state index contributed by atoms with van der Waals surface area (Å²) in [4.78, 5) is 50.3. The molecule has 3 amide bonds. The van der Waals surface area contributed by atoms with Gasteiger partial charge in [0.25, 0.3) is 5.91 Å². The van der Waals surface area contributed by atoms with Crippen molar-refractivity contribution >= 4 is 56.8 Å². The van der Waals surface area contributed by atoms with Crippen LogP contribution in [0.4, 0.5) is 10.8 Å². The van der Waals surface area contributed by atoms with Crippen LogP contribution in [0.15, 0.2) is 39.1 Å². The van der Waals surface area contributed by atoms with Gasteiger partial charge in [-0.05, 0) is 63.3 Å². The number of aliphatic imine (C=N–C) groups is 1. The monoisotopic (exact) mass is 537 g/mol. The molecule has 4 N–H and O–H groups in total. The molecule has 3 aromatic rings. The minimum absolute atomic E-state index is 0.0116. The highest BCUT2D eigenvalue weighted by atomic mass is 32.1. The summed E-state index contributed by atoms with van der Waals surface area (Å²) in [5.74, 6) is 0.301. The van der Waals surface area contributed by atoms with Gasteiger partial charge in [-0.25, -0.2) is 9.98 Å². The number of nitrogens with zero attached hydrogens (tertiary/aromatic N) is 4. The minimum Gasteiger partial charge on any atom is -0.461 e. The lowest BCUT2D eigenvalue weighted by atomic mass is 10.1. The summed E-state index contributed by atoms with van der Waals surface area (Å²) in [6.07, 6.45) is 4.19. The molecule has 1 atom stereocenters. The van der Waals surface area contributed by atoms with E-state index in [0.29, 0.717) is 24.1 Å². The van der Waals surface area contributed by atoms with E-state index >= 15 is 0 Å². The maximum absolute atomic E-state index is 13.5. The fourth-order valence-corrected chi connectivity index (χ4v) is 5.48. The quantitative estimate of drug-likeness (QED) is 0.323. The average Bonchev–Trinajstić information content (AvgIpc) is 3.63. The molecule has 2 aromatic heterocycles. The molecule has 0 saturated carbocycles. The lowest BCUT2D eigenvalue weighted by molar-refractivity contribution is -0.140. The van der Waals surface area contributed by atoms with E-state index in [1.807, 2.05) is 36.1 Å².